The summed E-state index contributed by atoms with van der Waals surface area (Å²) in [5.74, 6) is -2.89. The van der Waals surface area contributed by atoms with Gasteiger partial charge in [-0.05, 0) is 54.6 Å². The van der Waals surface area contributed by atoms with Gasteiger partial charge in [-0.1, -0.05) is 39.0 Å². The molecule has 0 bridgehead atoms. The first-order valence-corrected chi connectivity index (χ1v) is 15.1. The Morgan fingerprint density at radius 2 is 1.79 bits per heavy atom. The average Bonchev–Trinajstić information content (AvgIpc) is 3.47. The molecule has 43 heavy (non-hydrogen) atoms. The van der Waals surface area contributed by atoms with Crippen LogP contribution in [0.3, 0.4) is 0 Å². The van der Waals surface area contributed by atoms with Crippen molar-refractivity contribution in [2.24, 2.45) is 5.92 Å². The molecule has 0 radical (unpaired) electrons. The Balaban J connectivity index is 1.35. The van der Waals surface area contributed by atoms with E-state index < -0.39 is 39.7 Å². The summed E-state index contributed by atoms with van der Waals surface area (Å²) < 4.78 is 6.58. The number of nitro benzene ring substituents is 1. The van der Waals surface area contributed by atoms with Gasteiger partial charge in [0.1, 0.15) is 16.7 Å². The molecule has 1 fully saturated rings. The first kappa shape index (κ1) is 28.6. The number of H-pyrrole nitrogens is 1. The number of aromatic nitrogens is 1. The summed E-state index contributed by atoms with van der Waals surface area (Å²) in [6.07, 6.45) is 0. The molecule has 15 heteroatoms. The topological polar surface area (TPSA) is 172 Å². The molecule has 12 nitrogen and oxygen atoms in total. The second-order valence-corrected chi connectivity index (χ2v) is 12.7. The number of amides is 3. The Labute approximate surface area is 259 Å². The number of benzene rings is 3. The number of thioether (sulfide) groups is 1. The highest BCUT2D eigenvalue weighted by atomic mass is 79.9. The lowest BCUT2D eigenvalue weighted by Gasteiger charge is -2.31. The minimum absolute atomic E-state index is 0.0521. The number of aromatic hydroxyl groups is 1. The Hall–Kier alpha value is -4.47. The number of nitro groups is 1. The fourth-order valence-electron chi connectivity index (χ4n) is 5.11. The van der Waals surface area contributed by atoms with Crippen LogP contribution in [-0.4, -0.2) is 44.6 Å². The second kappa shape index (κ2) is 11.3. The molecule has 2 aliphatic heterocycles. The molecule has 3 unspecified atom stereocenters. The Morgan fingerprint density at radius 1 is 1.07 bits per heavy atom. The van der Waals surface area contributed by atoms with Crippen molar-refractivity contribution in [2.45, 2.75) is 16.2 Å². The lowest BCUT2D eigenvalue weighted by atomic mass is 9.82. The third kappa shape index (κ3) is 5.42. The first-order chi connectivity index (χ1) is 20.6. The summed E-state index contributed by atoms with van der Waals surface area (Å²) >= 11 is 5.49. The molecule has 4 aromatic rings. The SMILES string of the molecule is O=C(COc1ccc(Br)cc1C1c2sc(=O)[nH]c2SC2C(=O)N(c3ccc([N+](=O)[O-])cc3)C(=O)C21)Nc1ccc(O)cc1. The Bertz CT molecular complexity index is 1840. The monoisotopic (exact) mass is 682 g/mol. The van der Waals surface area contributed by atoms with E-state index >= 15 is 0 Å². The van der Waals surface area contributed by atoms with Crippen molar-refractivity contribution >= 4 is 73.8 Å². The molecule has 3 atom stereocenters. The zero-order valence-corrected chi connectivity index (χ0v) is 24.9. The van der Waals surface area contributed by atoms with Gasteiger partial charge < -0.3 is 20.1 Å². The maximum atomic E-state index is 14.0. The molecule has 1 saturated heterocycles. The van der Waals surface area contributed by atoms with Crippen LogP contribution >= 0.6 is 39.0 Å². The molecule has 3 N–H and O–H groups in total. The van der Waals surface area contributed by atoms with E-state index in [9.17, 15) is 34.4 Å². The van der Waals surface area contributed by atoms with Crippen molar-refractivity contribution in [1.29, 1.82) is 0 Å². The number of phenolic OH excluding ortho intramolecular Hbond substituents is 1. The number of hydrogen-bond acceptors (Lipinski definition) is 10. The molecule has 3 aromatic carbocycles. The normalized spacial score (nSPS) is 19.1. The van der Waals surface area contributed by atoms with Gasteiger partial charge in [0.15, 0.2) is 6.61 Å². The van der Waals surface area contributed by atoms with Crippen molar-refractivity contribution in [2.75, 3.05) is 16.8 Å². The van der Waals surface area contributed by atoms with Gasteiger partial charge in [0, 0.05) is 38.7 Å². The largest absolute Gasteiger partial charge is 0.508 e. The molecule has 0 aliphatic carbocycles. The highest BCUT2D eigenvalue weighted by molar-refractivity contribution is 9.10. The number of aromatic amines is 1. The number of rotatable bonds is 7. The van der Waals surface area contributed by atoms with Crippen LogP contribution < -0.4 is 19.8 Å². The fourth-order valence-corrected chi connectivity index (χ4v) is 7.99. The average molecular weight is 684 g/mol. The lowest BCUT2D eigenvalue weighted by molar-refractivity contribution is -0.384. The first-order valence-electron chi connectivity index (χ1n) is 12.6. The standard InChI is InChI=1S/C28H19BrN4O8S2/c29-13-1-10-19(41-12-20(35)30-14-2-8-17(34)9-3-14)18(11-13)21-22-24(42-25-23(21)43-28(38)31-25)27(37)32(26(22)36)15-4-6-16(7-5-15)33(39)40/h1-11,21-22,24,34H,12H2,(H,30,35)(H,31,38). The van der Waals surface area contributed by atoms with Gasteiger partial charge in [-0.15, -0.1) is 0 Å². The molecule has 3 amide bonds. The van der Waals surface area contributed by atoms with E-state index in [-0.39, 0.29) is 34.4 Å². The van der Waals surface area contributed by atoms with Crippen molar-refractivity contribution in [3.05, 3.63) is 101 Å². The van der Waals surface area contributed by atoms with Gasteiger partial charge >= 0.3 is 4.87 Å². The number of carbonyl (C=O) groups excluding carboxylic acids is 3. The summed E-state index contributed by atoms with van der Waals surface area (Å²) in [6, 6.07) is 16.1. The maximum absolute atomic E-state index is 14.0. The van der Waals surface area contributed by atoms with Crippen LogP contribution in [-0.2, 0) is 14.4 Å². The van der Waals surface area contributed by atoms with E-state index in [1.54, 1.807) is 18.2 Å². The number of halogens is 1. The van der Waals surface area contributed by atoms with Gasteiger partial charge in [0.25, 0.3) is 11.6 Å². The third-order valence-electron chi connectivity index (χ3n) is 6.96. The smallest absolute Gasteiger partial charge is 0.305 e. The van der Waals surface area contributed by atoms with Crippen LogP contribution in [0.1, 0.15) is 16.4 Å². The predicted molar refractivity (Wildman–Crippen MR) is 162 cm³/mol. The Kier molecular flexibility index (Phi) is 7.54. The van der Waals surface area contributed by atoms with E-state index in [4.69, 9.17) is 4.74 Å². The quantitative estimate of drug-likeness (QED) is 0.109. The van der Waals surface area contributed by atoms with E-state index in [1.165, 1.54) is 48.5 Å². The van der Waals surface area contributed by atoms with E-state index in [2.05, 4.69) is 26.2 Å². The van der Waals surface area contributed by atoms with E-state index in [0.29, 0.717) is 25.6 Å². The number of nitrogens with zero attached hydrogens (tertiary/aromatic N) is 2. The van der Waals surface area contributed by atoms with Crippen LogP contribution in [0.5, 0.6) is 11.5 Å². The summed E-state index contributed by atoms with van der Waals surface area (Å²) in [5.41, 5.74) is 0.962. The highest BCUT2D eigenvalue weighted by Crippen LogP contribution is 2.54. The number of hydrogen-bond donors (Lipinski definition) is 3. The van der Waals surface area contributed by atoms with Crippen LogP contribution in [0, 0.1) is 16.0 Å². The molecular weight excluding hydrogens is 664 g/mol. The van der Waals surface area contributed by atoms with Crippen molar-refractivity contribution < 1.29 is 29.2 Å². The van der Waals surface area contributed by atoms with Crippen molar-refractivity contribution in [3.8, 4) is 11.5 Å². The van der Waals surface area contributed by atoms with Crippen LogP contribution in [0.15, 0.2) is 81.0 Å². The zero-order chi connectivity index (χ0) is 30.4. The van der Waals surface area contributed by atoms with Gasteiger partial charge in [-0.2, -0.15) is 0 Å². The summed E-state index contributed by atoms with van der Waals surface area (Å²) in [6.45, 7) is -0.386. The van der Waals surface area contributed by atoms with Crippen molar-refractivity contribution in [1.82, 2.24) is 4.98 Å². The van der Waals surface area contributed by atoms with E-state index in [1.807, 2.05) is 0 Å². The number of nitrogens with one attached hydrogen (secondary N) is 2. The van der Waals surface area contributed by atoms with Crippen molar-refractivity contribution in [3.63, 3.8) is 0 Å². The van der Waals surface area contributed by atoms with Gasteiger partial charge in [0.2, 0.25) is 11.8 Å². The molecular formula is C28H19BrN4O8S2. The van der Waals surface area contributed by atoms with Gasteiger partial charge in [0.05, 0.1) is 21.6 Å². The maximum Gasteiger partial charge on any atom is 0.305 e. The molecule has 0 spiro atoms. The molecule has 6 rings (SSSR count). The number of thiazole rings is 1. The third-order valence-corrected chi connectivity index (χ3v) is 9.85. The number of anilines is 2. The molecule has 1 aromatic heterocycles. The number of imide groups is 1. The van der Waals surface area contributed by atoms with Gasteiger partial charge in [-0.3, -0.25) is 29.3 Å². The minimum Gasteiger partial charge on any atom is -0.508 e. The number of ether oxygens (including phenoxy) is 1. The number of fused-ring (bicyclic) bond motifs is 2. The van der Waals surface area contributed by atoms with Crippen LogP contribution in [0.2, 0.25) is 0 Å². The molecule has 218 valence electrons. The zero-order valence-electron chi connectivity index (χ0n) is 21.7. The molecule has 2 aliphatic rings. The van der Waals surface area contributed by atoms with Crippen LogP contribution in [0.4, 0.5) is 17.1 Å². The Morgan fingerprint density at radius 3 is 2.49 bits per heavy atom. The summed E-state index contributed by atoms with van der Waals surface area (Å²) in [7, 11) is 0. The second-order valence-electron chi connectivity index (χ2n) is 9.60. The summed E-state index contributed by atoms with van der Waals surface area (Å²) in [5, 5.41) is 22.8. The number of phenols is 1. The summed E-state index contributed by atoms with van der Waals surface area (Å²) in [4.78, 5) is 67.4. The molecule has 3 heterocycles. The number of non-ortho nitro benzene ring substituents is 1. The fraction of sp³-hybridized carbons (Fsp3) is 0.143. The lowest BCUT2D eigenvalue weighted by Crippen LogP contribution is -2.32. The predicted octanol–water partition coefficient (Wildman–Crippen LogP) is 4.63. The molecule has 0 saturated carbocycles. The van der Waals surface area contributed by atoms with Gasteiger partial charge in [-0.25, -0.2) is 4.90 Å². The minimum atomic E-state index is -0.936. The van der Waals surface area contributed by atoms with Crippen LogP contribution in [0.25, 0.3) is 0 Å². The number of carbonyl (C=O) groups is 3. The highest BCUT2D eigenvalue weighted by Gasteiger charge is 2.57. The van der Waals surface area contributed by atoms with E-state index in [0.717, 1.165) is 28.0 Å².